The number of aryl methyl sites for hydroxylation is 1. The van der Waals surface area contributed by atoms with Gasteiger partial charge in [0, 0.05) is 31.0 Å². The quantitative estimate of drug-likeness (QED) is 0.375. The number of hydrogen-bond acceptors (Lipinski definition) is 6. The molecule has 1 fully saturated rings. The Morgan fingerprint density at radius 3 is 2.05 bits per heavy atom. The van der Waals surface area contributed by atoms with Crippen LogP contribution in [0.4, 0.5) is 4.79 Å². The number of aliphatic hydroxyl groups is 1. The fraction of sp³-hybridized carbons (Fsp3) is 0.441. The Bertz CT molecular complexity index is 1440. The minimum Gasteiger partial charge on any atom is -0.460 e. The molecule has 0 saturated carbocycles. The number of ether oxygens (including phenoxy) is 2. The molecule has 1 N–H and O–H groups in total. The highest BCUT2D eigenvalue weighted by molar-refractivity contribution is 6.01. The summed E-state index contributed by atoms with van der Waals surface area (Å²) in [6.45, 7) is 12.9. The van der Waals surface area contributed by atoms with E-state index in [1.165, 1.54) is 4.90 Å². The molecule has 9 nitrogen and oxygen atoms in total. The van der Waals surface area contributed by atoms with Gasteiger partial charge in [-0.25, -0.2) is 4.79 Å². The van der Waals surface area contributed by atoms with Crippen molar-refractivity contribution in [3.63, 3.8) is 0 Å². The van der Waals surface area contributed by atoms with Gasteiger partial charge >= 0.3 is 12.1 Å². The lowest BCUT2D eigenvalue weighted by Crippen LogP contribution is -2.61. The lowest BCUT2D eigenvalue weighted by molar-refractivity contribution is -0.158. The van der Waals surface area contributed by atoms with Gasteiger partial charge < -0.3 is 28.9 Å². The Morgan fingerprint density at radius 1 is 0.884 bits per heavy atom. The third kappa shape index (κ3) is 7.84. The van der Waals surface area contributed by atoms with Gasteiger partial charge in [0.2, 0.25) is 0 Å². The van der Waals surface area contributed by atoms with Crippen LogP contribution in [0.2, 0.25) is 0 Å². The molecule has 2 heterocycles. The average Bonchev–Trinajstić information content (AvgIpc) is 3.28. The first-order chi connectivity index (χ1) is 20.1. The molecule has 0 radical (unpaired) electrons. The van der Waals surface area contributed by atoms with Gasteiger partial charge in [-0.1, -0.05) is 48.5 Å². The standard InChI is InChI=1S/C34H43N3O6/c1-23-20-26(30(24-14-10-8-11-15-24)37(23)25-16-12-9-13-17-25)31(40)36-19-18-35(32(41)43-34(5,6)7)22-27(36)28(38)21-29(39)42-33(2,3)4/h8-17,20,27-28,38H,18-19,21-22H2,1-7H3/t27-,28+/m0/s1. The van der Waals surface area contributed by atoms with E-state index in [0.717, 1.165) is 22.6 Å². The van der Waals surface area contributed by atoms with Gasteiger partial charge in [0.15, 0.2) is 0 Å². The number of piperazine rings is 1. The number of hydrogen-bond donors (Lipinski definition) is 1. The maximum atomic E-state index is 14.5. The topological polar surface area (TPSA) is 101 Å². The molecule has 230 valence electrons. The van der Waals surface area contributed by atoms with Crippen molar-refractivity contribution in [2.24, 2.45) is 0 Å². The van der Waals surface area contributed by atoms with Crippen molar-refractivity contribution in [1.29, 1.82) is 0 Å². The maximum Gasteiger partial charge on any atom is 0.410 e. The Kier molecular flexibility index (Phi) is 9.35. The van der Waals surface area contributed by atoms with Crippen molar-refractivity contribution in [3.05, 3.63) is 78.0 Å². The van der Waals surface area contributed by atoms with Crippen molar-refractivity contribution in [1.82, 2.24) is 14.4 Å². The highest BCUT2D eigenvalue weighted by Gasteiger charge is 2.40. The highest BCUT2D eigenvalue weighted by atomic mass is 16.6. The van der Waals surface area contributed by atoms with Crippen LogP contribution in [0.5, 0.6) is 0 Å². The van der Waals surface area contributed by atoms with E-state index in [0.29, 0.717) is 5.56 Å². The minimum absolute atomic E-state index is 0.00364. The molecule has 0 spiro atoms. The first kappa shape index (κ1) is 31.8. The molecule has 1 aliphatic rings. The van der Waals surface area contributed by atoms with Crippen molar-refractivity contribution in [2.45, 2.75) is 78.2 Å². The first-order valence-corrected chi connectivity index (χ1v) is 14.7. The van der Waals surface area contributed by atoms with E-state index in [4.69, 9.17) is 9.47 Å². The molecule has 2 amide bonds. The zero-order chi connectivity index (χ0) is 31.5. The van der Waals surface area contributed by atoms with Crippen LogP contribution in [0.25, 0.3) is 16.9 Å². The van der Waals surface area contributed by atoms with Crippen LogP contribution in [0.3, 0.4) is 0 Å². The minimum atomic E-state index is -1.28. The Balaban J connectivity index is 1.74. The SMILES string of the molecule is Cc1cc(C(=O)N2CCN(C(=O)OC(C)(C)C)C[C@H]2[C@H](O)CC(=O)OC(C)(C)C)c(-c2ccccc2)n1-c1ccccc1. The van der Waals surface area contributed by atoms with Crippen LogP contribution in [-0.4, -0.2) is 80.4 Å². The predicted octanol–water partition coefficient (Wildman–Crippen LogP) is 5.61. The smallest absolute Gasteiger partial charge is 0.410 e. The predicted molar refractivity (Wildman–Crippen MR) is 165 cm³/mol. The summed E-state index contributed by atoms with van der Waals surface area (Å²) in [6.07, 6.45) is -2.14. The second-order valence-electron chi connectivity index (χ2n) is 12.9. The fourth-order valence-electron chi connectivity index (χ4n) is 5.32. The number of nitrogens with zero attached hydrogens (tertiary/aromatic N) is 3. The van der Waals surface area contributed by atoms with Gasteiger partial charge in [0.25, 0.3) is 5.91 Å². The van der Waals surface area contributed by atoms with Crippen LogP contribution >= 0.6 is 0 Å². The van der Waals surface area contributed by atoms with E-state index in [1.54, 1.807) is 46.4 Å². The van der Waals surface area contributed by atoms with E-state index < -0.39 is 35.4 Å². The van der Waals surface area contributed by atoms with Crippen LogP contribution in [-0.2, 0) is 14.3 Å². The number of carbonyl (C=O) groups excluding carboxylic acids is 3. The van der Waals surface area contributed by atoms with Crippen molar-refractivity contribution < 1.29 is 29.0 Å². The summed E-state index contributed by atoms with van der Waals surface area (Å²) in [5, 5.41) is 11.4. The number of para-hydroxylation sites is 1. The van der Waals surface area contributed by atoms with Gasteiger partial charge in [-0.3, -0.25) is 9.59 Å². The van der Waals surface area contributed by atoms with Crippen molar-refractivity contribution in [2.75, 3.05) is 19.6 Å². The summed E-state index contributed by atoms with van der Waals surface area (Å²) in [7, 11) is 0. The van der Waals surface area contributed by atoms with Crippen molar-refractivity contribution in [3.8, 4) is 16.9 Å². The van der Waals surface area contributed by atoms with Gasteiger partial charge in [0.05, 0.1) is 29.8 Å². The summed E-state index contributed by atoms with van der Waals surface area (Å²) in [6, 6.07) is 20.5. The lowest BCUT2D eigenvalue weighted by atomic mass is 10.00. The zero-order valence-electron chi connectivity index (χ0n) is 26.2. The van der Waals surface area contributed by atoms with Gasteiger partial charge in [-0.05, 0) is 72.2 Å². The average molecular weight is 590 g/mol. The van der Waals surface area contributed by atoms with E-state index in [1.807, 2.05) is 78.2 Å². The molecule has 1 aromatic heterocycles. The summed E-state index contributed by atoms with van der Waals surface area (Å²) in [5.41, 5.74) is 2.39. The molecule has 9 heteroatoms. The van der Waals surface area contributed by atoms with E-state index in [-0.39, 0.29) is 32.0 Å². The third-order valence-electron chi connectivity index (χ3n) is 7.05. The molecule has 0 unspecified atom stereocenters. The Hall–Kier alpha value is -4.11. The third-order valence-corrected chi connectivity index (χ3v) is 7.05. The van der Waals surface area contributed by atoms with Crippen LogP contribution in [0.1, 0.15) is 64.0 Å². The highest BCUT2D eigenvalue weighted by Crippen LogP contribution is 2.33. The number of carbonyl (C=O) groups is 3. The molecule has 1 aliphatic heterocycles. The monoisotopic (exact) mass is 589 g/mol. The van der Waals surface area contributed by atoms with Crippen LogP contribution in [0.15, 0.2) is 66.7 Å². The largest absolute Gasteiger partial charge is 0.460 e. The number of aliphatic hydroxyl groups excluding tert-OH is 1. The summed E-state index contributed by atoms with van der Waals surface area (Å²) in [4.78, 5) is 43.3. The van der Waals surface area contributed by atoms with Gasteiger partial charge in [-0.2, -0.15) is 0 Å². The fourth-order valence-corrected chi connectivity index (χ4v) is 5.32. The number of benzene rings is 2. The van der Waals surface area contributed by atoms with Gasteiger partial charge in [-0.15, -0.1) is 0 Å². The number of esters is 1. The van der Waals surface area contributed by atoms with E-state index in [2.05, 4.69) is 0 Å². The second-order valence-corrected chi connectivity index (χ2v) is 12.9. The number of aromatic nitrogens is 1. The molecule has 43 heavy (non-hydrogen) atoms. The lowest BCUT2D eigenvalue weighted by Gasteiger charge is -2.43. The molecule has 1 saturated heterocycles. The molecule has 4 rings (SSSR count). The Labute approximate surface area is 254 Å². The first-order valence-electron chi connectivity index (χ1n) is 14.7. The van der Waals surface area contributed by atoms with E-state index >= 15 is 0 Å². The summed E-state index contributed by atoms with van der Waals surface area (Å²) >= 11 is 0. The molecule has 2 aromatic carbocycles. The normalized spacial score (nSPS) is 16.5. The Morgan fingerprint density at radius 2 is 1.47 bits per heavy atom. The molecule has 0 bridgehead atoms. The van der Waals surface area contributed by atoms with Crippen molar-refractivity contribution >= 4 is 18.0 Å². The van der Waals surface area contributed by atoms with Gasteiger partial charge in [0.1, 0.15) is 11.2 Å². The van der Waals surface area contributed by atoms with Crippen LogP contribution < -0.4 is 0 Å². The zero-order valence-corrected chi connectivity index (χ0v) is 26.2. The number of amides is 2. The molecular formula is C34H43N3O6. The maximum absolute atomic E-state index is 14.5. The number of rotatable bonds is 6. The molecule has 0 aliphatic carbocycles. The van der Waals surface area contributed by atoms with E-state index in [9.17, 15) is 19.5 Å². The molecule has 2 atom stereocenters. The summed E-state index contributed by atoms with van der Waals surface area (Å²) in [5.74, 6) is -0.883. The molecular weight excluding hydrogens is 546 g/mol. The van der Waals surface area contributed by atoms with Crippen LogP contribution in [0, 0.1) is 6.92 Å². The summed E-state index contributed by atoms with van der Waals surface area (Å²) < 4.78 is 13.1. The second kappa shape index (κ2) is 12.6. The molecule has 3 aromatic rings.